The second-order valence-electron chi connectivity index (χ2n) is 7.94. The molecule has 0 bridgehead atoms. The van der Waals surface area contributed by atoms with Crippen molar-refractivity contribution in [2.24, 2.45) is 0 Å². The number of aliphatic hydroxyl groups is 1. The van der Waals surface area contributed by atoms with Crippen LogP contribution in [0.15, 0.2) is 47.4 Å². The Hall–Kier alpha value is -2.75. The highest BCUT2D eigenvalue weighted by Crippen LogP contribution is 2.28. The van der Waals surface area contributed by atoms with Crippen molar-refractivity contribution in [2.45, 2.75) is 50.7 Å². The number of ether oxygens (including phenoxy) is 1. The van der Waals surface area contributed by atoms with Crippen LogP contribution in [0, 0.1) is 13.8 Å². The number of aliphatic hydroxyl groups excluding tert-OH is 1. The van der Waals surface area contributed by atoms with Crippen molar-refractivity contribution in [3.05, 3.63) is 59.2 Å². The van der Waals surface area contributed by atoms with E-state index in [1.165, 1.54) is 12.1 Å². The summed E-state index contributed by atoms with van der Waals surface area (Å²) in [5, 5.41) is 12.7. The van der Waals surface area contributed by atoms with E-state index in [1.54, 1.807) is 19.1 Å². The molecule has 1 aliphatic heterocycles. The number of benzene rings is 2. The lowest BCUT2D eigenvalue weighted by atomic mass is 10.1. The predicted octanol–water partition coefficient (Wildman–Crippen LogP) is 2.17. The van der Waals surface area contributed by atoms with E-state index in [4.69, 9.17) is 4.74 Å². The highest BCUT2D eigenvalue weighted by molar-refractivity contribution is 7.89. The summed E-state index contributed by atoms with van der Waals surface area (Å²) in [6, 6.07) is 10.8. The molecule has 3 rings (SSSR count). The molecule has 2 atom stereocenters. The molecule has 1 saturated heterocycles. The van der Waals surface area contributed by atoms with Crippen molar-refractivity contribution < 1.29 is 27.9 Å². The molecule has 9 heteroatoms. The summed E-state index contributed by atoms with van der Waals surface area (Å²) < 4.78 is 32.3. The third-order valence-corrected chi connectivity index (χ3v) is 7.43. The quantitative estimate of drug-likeness (QED) is 0.613. The van der Waals surface area contributed by atoms with Gasteiger partial charge in [-0.1, -0.05) is 25.1 Å². The highest BCUT2D eigenvalue weighted by Gasteiger charge is 2.44. The molecule has 1 aliphatic rings. The van der Waals surface area contributed by atoms with Crippen LogP contribution in [0.1, 0.15) is 30.0 Å². The van der Waals surface area contributed by atoms with Crippen LogP contribution in [0.2, 0.25) is 0 Å². The van der Waals surface area contributed by atoms with Gasteiger partial charge in [-0.2, -0.15) is 4.31 Å². The molecule has 1 amide bonds. The molecule has 0 aromatic heterocycles. The molecule has 32 heavy (non-hydrogen) atoms. The van der Waals surface area contributed by atoms with Crippen molar-refractivity contribution in [3.8, 4) is 0 Å². The van der Waals surface area contributed by atoms with Crippen LogP contribution in [0.5, 0.6) is 0 Å². The maximum absolute atomic E-state index is 13.1. The number of hydrogen-bond acceptors (Lipinski definition) is 6. The zero-order valence-electron chi connectivity index (χ0n) is 18.4. The number of amides is 1. The van der Waals surface area contributed by atoms with E-state index in [2.05, 4.69) is 5.32 Å². The van der Waals surface area contributed by atoms with Crippen LogP contribution >= 0.6 is 0 Å². The molecule has 1 heterocycles. The number of nitrogens with one attached hydrogen (secondary N) is 1. The molecule has 2 aromatic rings. The van der Waals surface area contributed by atoms with E-state index in [-0.39, 0.29) is 17.9 Å². The second-order valence-corrected chi connectivity index (χ2v) is 9.83. The first-order valence-electron chi connectivity index (χ1n) is 10.4. The van der Waals surface area contributed by atoms with Gasteiger partial charge in [-0.25, -0.2) is 8.42 Å². The van der Waals surface area contributed by atoms with E-state index in [0.717, 1.165) is 27.4 Å². The normalized spacial score (nSPS) is 19.0. The lowest BCUT2D eigenvalue weighted by Crippen LogP contribution is -2.42. The minimum atomic E-state index is -4.03. The highest BCUT2D eigenvalue weighted by atomic mass is 32.2. The smallest absolute Gasteiger partial charge is 0.325 e. The Morgan fingerprint density at radius 1 is 1.16 bits per heavy atom. The SMILES string of the molecule is CCc1cccc(NC(=O)COC(=O)[C@@H]2CC(O)CN2S(=O)(=O)c2ccc(C)c(C)c2)c1. The Bertz CT molecular complexity index is 1120. The van der Waals surface area contributed by atoms with Crippen LogP contribution in [0.3, 0.4) is 0 Å². The van der Waals surface area contributed by atoms with Gasteiger partial charge in [0.15, 0.2) is 6.61 Å². The predicted molar refractivity (Wildman–Crippen MR) is 120 cm³/mol. The summed E-state index contributed by atoms with van der Waals surface area (Å²) in [6.07, 6.45) is -0.282. The molecule has 0 radical (unpaired) electrons. The molecular weight excluding hydrogens is 432 g/mol. The summed E-state index contributed by atoms with van der Waals surface area (Å²) in [7, 11) is -4.03. The van der Waals surface area contributed by atoms with Gasteiger partial charge in [0.05, 0.1) is 11.0 Å². The summed E-state index contributed by atoms with van der Waals surface area (Å²) in [4.78, 5) is 24.9. The van der Waals surface area contributed by atoms with E-state index in [1.807, 2.05) is 32.0 Å². The number of nitrogens with zero attached hydrogens (tertiary/aromatic N) is 1. The zero-order valence-corrected chi connectivity index (χ0v) is 19.2. The Labute approximate surface area is 188 Å². The van der Waals surface area contributed by atoms with Crippen molar-refractivity contribution in [2.75, 3.05) is 18.5 Å². The number of sulfonamides is 1. The Morgan fingerprint density at radius 2 is 1.91 bits per heavy atom. The first-order chi connectivity index (χ1) is 15.1. The maximum atomic E-state index is 13.1. The van der Waals surface area contributed by atoms with Gasteiger partial charge in [-0.3, -0.25) is 9.59 Å². The molecule has 2 N–H and O–H groups in total. The van der Waals surface area contributed by atoms with E-state index >= 15 is 0 Å². The van der Waals surface area contributed by atoms with Gasteiger partial charge < -0.3 is 15.2 Å². The largest absolute Gasteiger partial charge is 0.454 e. The van der Waals surface area contributed by atoms with Crippen molar-refractivity contribution in [3.63, 3.8) is 0 Å². The molecule has 2 aromatic carbocycles. The Balaban J connectivity index is 1.68. The van der Waals surface area contributed by atoms with Gasteiger partial charge in [0.25, 0.3) is 5.91 Å². The Morgan fingerprint density at radius 3 is 2.59 bits per heavy atom. The molecule has 1 unspecified atom stereocenters. The van der Waals surface area contributed by atoms with Crippen molar-refractivity contribution in [1.29, 1.82) is 0 Å². The first kappa shape index (κ1) is 23.9. The first-order valence-corrected chi connectivity index (χ1v) is 11.9. The number of hydrogen-bond donors (Lipinski definition) is 2. The summed E-state index contributed by atoms with van der Waals surface area (Å²) in [5.41, 5.74) is 3.37. The zero-order chi connectivity index (χ0) is 23.5. The van der Waals surface area contributed by atoms with E-state index in [0.29, 0.717) is 5.69 Å². The number of carbonyl (C=O) groups is 2. The number of β-amino-alcohol motifs (C(OH)–C–C–N with tert-alkyl or cyclic N) is 1. The van der Waals surface area contributed by atoms with Crippen molar-refractivity contribution >= 4 is 27.6 Å². The number of carbonyl (C=O) groups excluding carboxylic acids is 2. The third kappa shape index (κ3) is 5.35. The number of esters is 1. The van der Waals surface area contributed by atoms with Gasteiger partial charge in [0, 0.05) is 18.7 Å². The van der Waals surface area contributed by atoms with Crippen LogP contribution in [-0.2, 0) is 30.8 Å². The lowest BCUT2D eigenvalue weighted by Gasteiger charge is -2.22. The van der Waals surface area contributed by atoms with Gasteiger partial charge in [-0.15, -0.1) is 0 Å². The lowest BCUT2D eigenvalue weighted by molar-refractivity contribution is -0.150. The average Bonchev–Trinajstić information content (AvgIpc) is 3.16. The topological polar surface area (TPSA) is 113 Å². The number of anilines is 1. The molecule has 172 valence electrons. The van der Waals surface area contributed by atoms with Crippen molar-refractivity contribution in [1.82, 2.24) is 4.31 Å². The third-order valence-electron chi connectivity index (χ3n) is 5.56. The second kappa shape index (κ2) is 9.81. The standard InChI is InChI=1S/C23H28N2O6S/c1-4-17-6-5-7-18(11-17)24-22(27)14-31-23(28)21-12-19(26)13-25(21)32(29,30)20-9-8-15(2)16(3)10-20/h5-11,19,21,26H,4,12-14H2,1-3H3,(H,24,27)/t19?,21-/m0/s1. The summed E-state index contributed by atoms with van der Waals surface area (Å²) in [6.45, 7) is 4.89. The molecule has 1 fully saturated rings. The molecule has 0 spiro atoms. The fourth-order valence-electron chi connectivity index (χ4n) is 3.57. The molecule has 8 nitrogen and oxygen atoms in total. The average molecular weight is 461 g/mol. The van der Waals surface area contributed by atoms with E-state index < -0.39 is 40.7 Å². The van der Waals surface area contributed by atoms with Gasteiger partial charge >= 0.3 is 5.97 Å². The van der Waals surface area contributed by atoms with E-state index in [9.17, 15) is 23.1 Å². The van der Waals surface area contributed by atoms with Gasteiger partial charge in [0.2, 0.25) is 10.0 Å². The van der Waals surface area contributed by atoms with Crippen LogP contribution in [0.4, 0.5) is 5.69 Å². The van der Waals surface area contributed by atoms with Crippen LogP contribution in [-0.4, -0.2) is 55.0 Å². The fraction of sp³-hybridized carbons (Fsp3) is 0.391. The van der Waals surface area contributed by atoms with Crippen LogP contribution < -0.4 is 5.32 Å². The van der Waals surface area contributed by atoms with Gasteiger partial charge in [-0.05, 0) is 61.2 Å². The minimum Gasteiger partial charge on any atom is -0.454 e. The number of aryl methyl sites for hydroxylation is 3. The monoisotopic (exact) mass is 460 g/mol. The maximum Gasteiger partial charge on any atom is 0.325 e. The number of rotatable bonds is 7. The van der Waals surface area contributed by atoms with Crippen LogP contribution in [0.25, 0.3) is 0 Å². The molecular formula is C23H28N2O6S. The molecule has 0 aliphatic carbocycles. The molecule has 0 saturated carbocycles. The Kier molecular flexibility index (Phi) is 7.33. The summed E-state index contributed by atoms with van der Waals surface area (Å²) >= 11 is 0. The fourth-order valence-corrected chi connectivity index (χ4v) is 5.28. The van der Waals surface area contributed by atoms with Gasteiger partial charge in [0.1, 0.15) is 6.04 Å². The summed E-state index contributed by atoms with van der Waals surface area (Å²) in [5.74, 6) is -1.40. The minimum absolute atomic E-state index is 0.0426.